The molecule has 1 aliphatic rings. The van der Waals surface area contributed by atoms with Crippen molar-refractivity contribution in [2.24, 2.45) is 0 Å². The van der Waals surface area contributed by atoms with E-state index in [-0.39, 0.29) is 0 Å². The van der Waals surface area contributed by atoms with Crippen molar-refractivity contribution >= 4 is 90.0 Å². The predicted molar refractivity (Wildman–Crippen MR) is 264 cm³/mol. The summed E-state index contributed by atoms with van der Waals surface area (Å²) in [5.74, 6) is 1.14. The van der Waals surface area contributed by atoms with Gasteiger partial charge >= 0.3 is 119 Å². The maximum atomic E-state index is 7.52. The Labute approximate surface area is 363 Å². The summed E-state index contributed by atoms with van der Waals surface area (Å²) < 4.78 is 9.51. The Hall–Kier alpha value is -1.21. The van der Waals surface area contributed by atoms with Crippen molar-refractivity contribution in [3.05, 3.63) is 113 Å². The first-order valence-corrected chi connectivity index (χ1v) is 44.9. The van der Waals surface area contributed by atoms with Gasteiger partial charge in [-0.15, -0.1) is 0 Å². The van der Waals surface area contributed by atoms with Gasteiger partial charge < -0.3 is 14.2 Å². The van der Waals surface area contributed by atoms with Crippen LogP contribution in [0.4, 0.5) is 11.4 Å². The standard InChI is InChI=1S/C31H57N2OSi5.C13H10S.2ClH.Ru/c1-24-19-28(34-39(36(8,9)10,37(11,12)13)38(14,15)16)20-25(2)30(24)32-17-18-33(23-32)31-26(3)21-29(22-27(31)4)35(5,6)7;1-11-7-5-6-10-13(11)14-12-8-3-2-4-9-12;;;/h19-23H,17-18H2,1-16H3;1-10H;2*1H;/q-1;;;;+2/p-2. The third-order valence-corrected chi connectivity index (χ3v) is 83.0. The molecule has 56 heavy (non-hydrogen) atoms. The van der Waals surface area contributed by atoms with Gasteiger partial charge in [-0.05, 0) is 62.1 Å². The van der Waals surface area contributed by atoms with E-state index >= 15 is 0 Å². The average molecular weight is 985 g/mol. The van der Waals surface area contributed by atoms with Gasteiger partial charge in [0.25, 0.3) is 0 Å². The second-order valence-corrected chi connectivity index (χ2v) is 70.7. The number of benzene rings is 4. The molecular formula is C44H67Cl2N2ORuSSi5-. The molecule has 4 aromatic carbocycles. The van der Waals surface area contributed by atoms with Gasteiger partial charge in [-0.2, -0.15) is 6.67 Å². The summed E-state index contributed by atoms with van der Waals surface area (Å²) in [6, 6.07) is 28.1. The molecule has 3 nitrogen and oxygen atoms in total. The van der Waals surface area contributed by atoms with Gasteiger partial charge in [0, 0.05) is 24.5 Å². The number of nitrogens with zero attached hydrogens (tertiary/aromatic N) is 2. The SMILES string of the molecule is Cc1cc(O[Si]([Si](C)(C)C)([Si](C)(C)C)[Si](C)(C)C)cc(C)c1N1[CH-]N(c2c(C)cc([Si](C)(C)C)cc2C)CC1.[Cl][Ru]([Cl])=[CH]c1ccccc1Sc1ccccc1. The topological polar surface area (TPSA) is 15.7 Å². The van der Waals surface area contributed by atoms with Crippen molar-refractivity contribution < 1.29 is 17.9 Å². The average Bonchev–Trinajstić information content (AvgIpc) is 3.51. The zero-order chi connectivity index (χ0) is 42.0. The summed E-state index contributed by atoms with van der Waals surface area (Å²) in [7, 11) is 5.97. The number of anilines is 2. The molecule has 308 valence electrons. The Balaban J connectivity index is 0.000000339. The predicted octanol–water partition coefficient (Wildman–Crippen LogP) is 13.4. The molecular weight excluding hydrogens is 917 g/mol. The molecule has 0 N–H and O–H groups in total. The Kier molecular flexibility index (Phi) is 15.8. The van der Waals surface area contributed by atoms with E-state index in [0.29, 0.717) is 0 Å². The molecule has 1 aliphatic heterocycles. The van der Waals surface area contributed by atoms with E-state index in [1.54, 1.807) is 16.9 Å². The van der Waals surface area contributed by atoms with Crippen LogP contribution in [0, 0.1) is 34.4 Å². The molecule has 0 amide bonds. The zero-order valence-corrected chi connectivity index (χ0v) is 46.0. The van der Waals surface area contributed by atoms with E-state index in [0.717, 1.165) is 24.4 Å². The van der Waals surface area contributed by atoms with Crippen LogP contribution in [0.3, 0.4) is 0 Å². The summed E-state index contributed by atoms with van der Waals surface area (Å²) in [4.78, 5) is 7.36. The second-order valence-electron chi connectivity index (χ2n) is 19.4. The van der Waals surface area contributed by atoms with Gasteiger partial charge in [0.1, 0.15) is 5.75 Å². The molecule has 0 spiro atoms. The van der Waals surface area contributed by atoms with E-state index in [4.69, 9.17) is 23.8 Å². The normalized spacial score (nSPS) is 14.4. The van der Waals surface area contributed by atoms with Gasteiger partial charge in [0.2, 0.25) is 6.87 Å². The minimum absolute atomic E-state index is 1.01. The molecule has 0 saturated carbocycles. The first kappa shape index (κ1) is 47.5. The molecule has 1 saturated heterocycles. The van der Waals surface area contributed by atoms with Crippen LogP contribution in [-0.2, 0) is 13.5 Å². The van der Waals surface area contributed by atoms with E-state index in [9.17, 15) is 0 Å². The molecule has 1 fully saturated rings. The van der Waals surface area contributed by atoms with Crippen molar-refractivity contribution in [2.45, 2.75) is 116 Å². The molecule has 0 radical (unpaired) electrons. The van der Waals surface area contributed by atoms with Gasteiger partial charge in [0.15, 0.2) is 0 Å². The van der Waals surface area contributed by atoms with Gasteiger partial charge in [-0.25, -0.2) is 0 Å². The Morgan fingerprint density at radius 2 is 1.05 bits per heavy atom. The monoisotopic (exact) mass is 983 g/mol. The van der Waals surface area contributed by atoms with Crippen LogP contribution < -0.4 is 19.4 Å². The molecule has 0 aliphatic carbocycles. The zero-order valence-electron chi connectivity index (χ0n) is 36.9. The van der Waals surface area contributed by atoms with Crippen molar-refractivity contribution in [3.8, 4) is 5.75 Å². The third kappa shape index (κ3) is 11.1. The van der Waals surface area contributed by atoms with Crippen LogP contribution >= 0.6 is 31.1 Å². The van der Waals surface area contributed by atoms with Crippen LogP contribution in [0.1, 0.15) is 27.8 Å². The first-order valence-electron chi connectivity index (χ1n) is 19.7. The second kappa shape index (κ2) is 18.6. The van der Waals surface area contributed by atoms with E-state index in [1.807, 2.05) is 34.9 Å². The van der Waals surface area contributed by atoms with E-state index in [2.05, 4.69) is 171 Å². The van der Waals surface area contributed by atoms with Gasteiger partial charge in [-0.1, -0.05) is 95.9 Å². The number of aryl methyl sites for hydroxylation is 4. The van der Waals surface area contributed by atoms with Crippen LogP contribution in [0.5, 0.6) is 5.75 Å². The number of hydrogen-bond acceptors (Lipinski definition) is 4. The fourth-order valence-corrected chi connectivity index (χ4v) is 107. The summed E-state index contributed by atoms with van der Waals surface area (Å²) in [5, 5.41) is 1.55. The molecule has 0 unspecified atom stereocenters. The molecule has 1 heterocycles. The number of halogens is 2. The van der Waals surface area contributed by atoms with Crippen molar-refractivity contribution in [3.63, 3.8) is 0 Å². The summed E-state index contributed by atoms with van der Waals surface area (Å²) >= 11 is -0.0363. The quantitative estimate of drug-likeness (QED) is 0.110. The van der Waals surface area contributed by atoms with E-state index in [1.165, 1.54) is 43.4 Å². The summed E-state index contributed by atoms with van der Waals surface area (Å²) in [5.41, 5.74) is 9.31. The van der Waals surface area contributed by atoms with Gasteiger partial charge in [0.05, 0.1) is 30.8 Å². The Morgan fingerprint density at radius 1 is 0.625 bits per heavy atom. The Morgan fingerprint density at radius 3 is 1.48 bits per heavy atom. The van der Waals surface area contributed by atoms with Crippen LogP contribution in [0.2, 0.25) is 78.6 Å². The van der Waals surface area contributed by atoms with Crippen molar-refractivity contribution in [2.75, 3.05) is 22.9 Å². The molecule has 0 atom stereocenters. The molecule has 12 heteroatoms. The fourth-order valence-electron chi connectivity index (χ4n) is 9.48. The number of hydrogen-bond donors (Lipinski definition) is 0. The Bertz CT molecular complexity index is 1930. The molecule has 0 aromatic heterocycles. The van der Waals surface area contributed by atoms with Gasteiger partial charge in [-0.3, -0.25) is 0 Å². The van der Waals surface area contributed by atoms with Crippen LogP contribution in [0.15, 0.2) is 88.7 Å². The minimum atomic E-state index is -1.93. The molecule has 0 bridgehead atoms. The fraction of sp³-hybridized carbons (Fsp3) is 0.409. The summed E-state index contributed by atoms with van der Waals surface area (Å²) in [6.45, 7) is 42.3. The van der Waals surface area contributed by atoms with Crippen LogP contribution in [0.25, 0.3) is 0 Å². The van der Waals surface area contributed by atoms with Crippen LogP contribution in [-0.4, -0.2) is 55.4 Å². The molecule has 5 rings (SSSR count). The summed E-state index contributed by atoms with van der Waals surface area (Å²) in [6.07, 6.45) is 0. The van der Waals surface area contributed by atoms with Crippen molar-refractivity contribution in [1.29, 1.82) is 0 Å². The van der Waals surface area contributed by atoms with E-state index < -0.39 is 51.2 Å². The maximum absolute atomic E-state index is 7.52. The first-order chi connectivity index (χ1) is 25.8. The number of rotatable bonds is 11. The van der Waals surface area contributed by atoms with Crippen molar-refractivity contribution in [1.82, 2.24) is 0 Å². The third-order valence-electron chi connectivity index (χ3n) is 10.8. The molecule has 4 aromatic rings.